The highest BCUT2D eigenvalue weighted by molar-refractivity contribution is 5.54. The van der Waals surface area contributed by atoms with Crippen LogP contribution in [-0.4, -0.2) is 10.2 Å². The van der Waals surface area contributed by atoms with E-state index in [1.807, 2.05) is 0 Å². The zero-order chi connectivity index (χ0) is 12.3. The van der Waals surface area contributed by atoms with E-state index >= 15 is 0 Å². The minimum absolute atomic E-state index is 0.0659. The van der Waals surface area contributed by atoms with Gasteiger partial charge in [-0.2, -0.15) is 0 Å². The van der Waals surface area contributed by atoms with E-state index in [-0.39, 0.29) is 11.5 Å². The van der Waals surface area contributed by atoms with E-state index in [0.717, 1.165) is 31.2 Å². The molecule has 0 radical (unpaired) electrons. The van der Waals surface area contributed by atoms with Gasteiger partial charge in [0.15, 0.2) is 11.5 Å². The molecule has 2 nitrogen and oxygen atoms in total. The van der Waals surface area contributed by atoms with Gasteiger partial charge in [0.1, 0.15) is 0 Å². The monoisotopic (exact) mass is 234 g/mol. The highest BCUT2D eigenvalue weighted by Crippen LogP contribution is 2.39. The number of phenolic OH excluding ortho intramolecular Hbond substituents is 2. The molecule has 94 valence electrons. The molecule has 2 heteroatoms. The third-order valence-electron chi connectivity index (χ3n) is 3.74. The summed E-state index contributed by atoms with van der Waals surface area (Å²) >= 11 is 0. The standard InChI is InChI=1S/C15H22O2/c1-2-3-4-5-7-11-10-14(16)15(17)13-9-6-8-12(11)13/h10,16-17H,2-9H2,1H3. The summed E-state index contributed by atoms with van der Waals surface area (Å²) in [6.45, 7) is 2.21. The van der Waals surface area contributed by atoms with E-state index < -0.39 is 0 Å². The predicted octanol–water partition coefficient (Wildman–Crippen LogP) is 3.71. The Bertz CT molecular complexity index is 396. The van der Waals surface area contributed by atoms with Crippen LogP contribution in [0.5, 0.6) is 11.5 Å². The maximum absolute atomic E-state index is 9.80. The van der Waals surface area contributed by atoms with Crippen molar-refractivity contribution in [2.75, 3.05) is 0 Å². The number of aromatic hydroxyl groups is 2. The van der Waals surface area contributed by atoms with E-state index in [1.54, 1.807) is 6.07 Å². The molecule has 0 saturated heterocycles. The maximum atomic E-state index is 9.80. The maximum Gasteiger partial charge on any atom is 0.160 e. The third kappa shape index (κ3) is 2.56. The van der Waals surface area contributed by atoms with Crippen molar-refractivity contribution in [3.8, 4) is 11.5 Å². The van der Waals surface area contributed by atoms with Crippen molar-refractivity contribution in [1.82, 2.24) is 0 Å². The number of rotatable bonds is 5. The van der Waals surface area contributed by atoms with E-state index in [0.29, 0.717) is 0 Å². The quantitative estimate of drug-likeness (QED) is 0.602. The first-order chi connectivity index (χ1) is 8.24. The van der Waals surface area contributed by atoms with Gasteiger partial charge in [0.2, 0.25) is 0 Å². The molecule has 1 aromatic rings. The van der Waals surface area contributed by atoms with Gasteiger partial charge in [-0.25, -0.2) is 0 Å². The van der Waals surface area contributed by atoms with Crippen LogP contribution in [0.15, 0.2) is 6.07 Å². The SMILES string of the molecule is CCCCCCc1cc(O)c(O)c2c1CCC2. The first kappa shape index (κ1) is 12.3. The van der Waals surface area contributed by atoms with Crippen molar-refractivity contribution >= 4 is 0 Å². The molecule has 1 aromatic carbocycles. The second-order valence-corrected chi connectivity index (χ2v) is 5.02. The fourth-order valence-electron chi connectivity index (χ4n) is 2.80. The smallest absolute Gasteiger partial charge is 0.160 e. The molecule has 2 rings (SSSR count). The van der Waals surface area contributed by atoms with Crippen LogP contribution in [0.1, 0.15) is 55.7 Å². The van der Waals surface area contributed by atoms with Gasteiger partial charge in [0, 0.05) is 5.56 Å². The molecular weight excluding hydrogens is 212 g/mol. The number of benzene rings is 1. The molecule has 0 spiro atoms. The van der Waals surface area contributed by atoms with Crippen LogP contribution in [0.2, 0.25) is 0 Å². The van der Waals surface area contributed by atoms with E-state index in [1.165, 1.54) is 36.8 Å². The van der Waals surface area contributed by atoms with Crippen LogP contribution in [0, 0.1) is 0 Å². The van der Waals surface area contributed by atoms with Crippen molar-refractivity contribution in [3.63, 3.8) is 0 Å². The lowest BCUT2D eigenvalue weighted by molar-refractivity contribution is 0.399. The molecular formula is C15H22O2. The summed E-state index contributed by atoms with van der Waals surface area (Å²) in [7, 11) is 0. The molecule has 1 aliphatic rings. The Morgan fingerprint density at radius 3 is 2.59 bits per heavy atom. The molecule has 0 heterocycles. The van der Waals surface area contributed by atoms with Crippen LogP contribution in [0.25, 0.3) is 0 Å². The Morgan fingerprint density at radius 2 is 1.82 bits per heavy atom. The number of hydrogen-bond acceptors (Lipinski definition) is 2. The Balaban J connectivity index is 2.12. The van der Waals surface area contributed by atoms with Gasteiger partial charge in [0.25, 0.3) is 0 Å². The van der Waals surface area contributed by atoms with Crippen molar-refractivity contribution in [3.05, 3.63) is 22.8 Å². The van der Waals surface area contributed by atoms with Crippen LogP contribution in [-0.2, 0) is 19.3 Å². The van der Waals surface area contributed by atoms with E-state index in [4.69, 9.17) is 0 Å². The summed E-state index contributed by atoms with van der Waals surface area (Å²) in [5.74, 6) is 0.186. The minimum Gasteiger partial charge on any atom is -0.504 e. The molecule has 2 N–H and O–H groups in total. The number of unbranched alkanes of at least 4 members (excludes halogenated alkanes) is 3. The van der Waals surface area contributed by atoms with E-state index in [2.05, 4.69) is 6.92 Å². The van der Waals surface area contributed by atoms with Crippen LogP contribution in [0.3, 0.4) is 0 Å². The normalized spacial score (nSPS) is 13.9. The molecule has 0 saturated carbocycles. The zero-order valence-electron chi connectivity index (χ0n) is 10.6. The summed E-state index contributed by atoms with van der Waals surface area (Å²) < 4.78 is 0. The lowest BCUT2D eigenvalue weighted by Crippen LogP contribution is -1.95. The molecule has 0 aliphatic heterocycles. The van der Waals surface area contributed by atoms with Crippen LogP contribution in [0.4, 0.5) is 0 Å². The molecule has 0 atom stereocenters. The Morgan fingerprint density at radius 1 is 1.06 bits per heavy atom. The number of hydrogen-bond donors (Lipinski definition) is 2. The molecule has 1 aliphatic carbocycles. The predicted molar refractivity (Wildman–Crippen MR) is 69.6 cm³/mol. The van der Waals surface area contributed by atoms with Gasteiger partial charge < -0.3 is 10.2 Å². The van der Waals surface area contributed by atoms with Gasteiger partial charge in [0.05, 0.1) is 0 Å². The summed E-state index contributed by atoms with van der Waals surface area (Å²) in [5.41, 5.74) is 3.55. The van der Waals surface area contributed by atoms with Crippen molar-refractivity contribution in [1.29, 1.82) is 0 Å². The zero-order valence-corrected chi connectivity index (χ0v) is 10.6. The molecule has 0 aromatic heterocycles. The highest BCUT2D eigenvalue weighted by Gasteiger charge is 2.21. The average Bonchev–Trinajstić information content (AvgIpc) is 2.80. The van der Waals surface area contributed by atoms with Gasteiger partial charge in [-0.3, -0.25) is 0 Å². The molecule has 0 fully saturated rings. The summed E-state index contributed by atoms with van der Waals surface area (Å²) in [4.78, 5) is 0. The topological polar surface area (TPSA) is 40.5 Å². The lowest BCUT2D eigenvalue weighted by Gasteiger charge is -2.11. The molecule has 0 amide bonds. The second kappa shape index (κ2) is 5.44. The van der Waals surface area contributed by atoms with Crippen molar-refractivity contribution < 1.29 is 10.2 Å². The molecule has 0 bridgehead atoms. The second-order valence-electron chi connectivity index (χ2n) is 5.02. The summed E-state index contributed by atoms with van der Waals surface area (Å²) in [6.07, 6.45) is 9.09. The fraction of sp³-hybridized carbons (Fsp3) is 0.600. The van der Waals surface area contributed by atoms with Gasteiger partial charge in [-0.1, -0.05) is 26.2 Å². The molecule has 0 unspecified atom stereocenters. The minimum atomic E-state index is 0.0659. The van der Waals surface area contributed by atoms with Crippen molar-refractivity contribution in [2.45, 2.75) is 58.3 Å². The Labute approximate surface area is 103 Å². The van der Waals surface area contributed by atoms with Gasteiger partial charge >= 0.3 is 0 Å². The fourth-order valence-corrected chi connectivity index (χ4v) is 2.80. The van der Waals surface area contributed by atoms with E-state index in [9.17, 15) is 10.2 Å². The highest BCUT2D eigenvalue weighted by atomic mass is 16.3. The third-order valence-corrected chi connectivity index (χ3v) is 3.74. The lowest BCUT2D eigenvalue weighted by atomic mass is 9.97. The number of fused-ring (bicyclic) bond motifs is 1. The largest absolute Gasteiger partial charge is 0.504 e. The van der Waals surface area contributed by atoms with Crippen molar-refractivity contribution in [2.24, 2.45) is 0 Å². The Hall–Kier alpha value is -1.18. The summed E-state index contributed by atoms with van der Waals surface area (Å²) in [5, 5.41) is 19.5. The average molecular weight is 234 g/mol. The first-order valence-corrected chi connectivity index (χ1v) is 6.79. The number of aryl methyl sites for hydroxylation is 1. The molecule has 17 heavy (non-hydrogen) atoms. The van der Waals surface area contributed by atoms with Gasteiger partial charge in [-0.15, -0.1) is 0 Å². The van der Waals surface area contributed by atoms with Crippen LogP contribution >= 0.6 is 0 Å². The first-order valence-electron chi connectivity index (χ1n) is 6.79. The van der Waals surface area contributed by atoms with Gasteiger partial charge in [-0.05, 0) is 49.3 Å². The van der Waals surface area contributed by atoms with Crippen LogP contribution < -0.4 is 0 Å². The summed E-state index contributed by atoms with van der Waals surface area (Å²) in [6, 6.07) is 1.77. The Kier molecular flexibility index (Phi) is 3.93. The number of phenols is 2.